The van der Waals surface area contributed by atoms with E-state index in [1.807, 2.05) is 86.6 Å². The van der Waals surface area contributed by atoms with Gasteiger partial charge in [-0.05, 0) is 197 Å². The van der Waals surface area contributed by atoms with Crippen molar-refractivity contribution in [3.8, 4) is 0 Å². The monoisotopic (exact) mass is 930 g/mol. The minimum absolute atomic E-state index is 0.171. The Balaban J connectivity index is 0.000000244. The number of aliphatic hydroxyl groups excluding tert-OH is 1. The van der Waals surface area contributed by atoms with Crippen LogP contribution in [0.25, 0.3) is 11.1 Å². The van der Waals surface area contributed by atoms with E-state index in [-0.39, 0.29) is 45.4 Å². The molecule has 2 aromatic rings. The fourth-order valence-electron chi connectivity index (χ4n) is 8.94. The number of hydrogen-bond acceptors (Lipinski definition) is 8. The zero-order valence-electron chi connectivity index (χ0n) is 39.8. The molecular formula is C50H69Cl3N2O8. The fourth-order valence-corrected chi connectivity index (χ4v) is 9.59. The van der Waals surface area contributed by atoms with E-state index in [1.54, 1.807) is 20.8 Å². The predicted molar refractivity (Wildman–Crippen MR) is 253 cm³/mol. The first-order valence-electron chi connectivity index (χ1n) is 22.1. The van der Waals surface area contributed by atoms with E-state index in [1.165, 1.54) is 0 Å². The zero-order valence-corrected chi connectivity index (χ0v) is 42.1. The highest BCUT2D eigenvalue weighted by molar-refractivity contribution is 6.64. The molecule has 2 aliphatic carbocycles. The molecular weight excluding hydrogens is 863 g/mol. The molecule has 0 radical (unpaired) electrons. The third kappa shape index (κ3) is 11.7. The van der Waals surface area contributed by atoms with Gasteiger partial charge in [0.1, 0.15) is 11.5 Å². The highest BCUT2D eigenvalue weighted by atomic mass is 35.5. The van der Waals surface area contributed by atoms with Gasteiger partial charge in [0.2, 0.25) is 5.24 Å². The highest BCUT2D eigenvalue weighted by Crippen LogP contribution is 2.49. The summed E-state index contributed by atoms with van der Waals surface area (Å²) >= 11 is 17.5. The van der Waals surface area contributed by atoms with Crippen molar-refractivity contribution in [1.82, 2.24) is 10.6 Å². The first kappa shape index (κ1) is 52.2. The lowest BCUT2D eigenvalue weighted by Gasteiger charge is -2.43. The van der Waals surface area contributed by atoms with Crippen molar-refractivity contribution < 1.29 is 38.5 Å². The molecule has 3 N–H and O–H groups in total. The lowest BCUT2D eigenvalue weighted by atomic mass is 9.73. The molecule has 0 unspecified atom stereocenters. The largest absolute Gasteiger partial charge is 0.509 e. The summed E-state index contributed by atoms with van der Waals surface area (Å²) in [4.78, 5) is 49.3. The Hall–Kier alpha value is -3.41. The SMILES string of the molecule is CC(C)(C)C(=O)Cl.CCOC1(C)CCC2(CC1)NC(=O)C(c1c(C)cc(Cl)cc1C)=C2O.CCOC1(C)CCC2(CC1)NC(=O)C(c1c(C)cc(Cl)cc1C)=C2OC(=O)C(C)(C)C. The Bertz CT molecular complexity index is 2110. The molecule has 0 saturated heterocycles. The van der Waals surface area contributed by atoms with Crippen LogP contribution in [-0.4, -0.2) is 63.6 Å². The van der Waals surface area contributed by atoms with Crippen LogP contribution in [-0.2, 0) is 33.4 Å². The maximum Gasteiger partial charge on any atom is 0.316 e. The van der Waals surface area contributed by atoms with Crippen molar-refractivity contribution in [3.05, 3.63) is 79.2 Å². The van der Waals surface area contributed by atoms with Crippen molar-refractivity contribution in [2.24, 2.45) is 10.8 Å². The van der Waals surface area contributed by atoms with Gasteiger partial charge in [0.15, 0.2) is 0 Å². The topological polar surface area (TPSA) is 140 Å². The average Bonchev–Trinajstić information content (AvgIpc) is 3.54. The van der Waals surface area contributed by atoms with Crippen LogP contribution in [0.5, 0.6) is 0 Å². The van der Waals surface area contributed by atoms with Crippen molar-refractivity contribution in [2.75, 3.05) is 13.2 Å². The average molecular weight is 932 g/mol. The first-order chi connectivity index (χ1) is 29.0. The van der Waals surface area contributed by atoms with E-state index < -0.39 is 16.5 Å². The maximum absolute atomic E-state index is 13.3. The number of ether oxygens (including phenoxy) is 3. The van der Waals surface area contributed by atoms with Gasteiger partial charge in [-0.15, -0.1) is 0 Å². The molecule has 2 amide bonds. The van der Waals surface area contributed by atoms with Gasteiger partial charge >= 0.3 is 5.97 Å². The van der Waals surface area contributed by atoms with E-state index in [0.29, 0.717) is 65.8 Å². The lowest BCUT2D eigenvalue weighted by molar-refractivity contribution is -0.150. The number of amides is 2. The van der Waals surface area contributed by atoms with Crippen molar-refractivity contribution in [1.29, 1.82) is 0 Å². The third-order valence-corrected chi connectivity index (χ3v) is 13.7. The normalized spacial score (nSPS) is 25.9. The Morgan fingerprint density at radius 2 is 0.968 bits per heavy atom. The molecule has 0 atom stereocenters. The summed E-state index contributed by atoms with van der Waals surface area (Å²) in [6, 6.07) is 7.34. The minimum Gasteiger partial charge on any atom is -0.509 e. The van der Waals surface area contributed by atoms with Crippen LogP contribution >= 0.6 is 34.8 Å². The first-order valence-corrected chi connectivity index (χ1v) is 23.2. The van der Waals surface area contributed by atoms with Gasteiger partial charge in [0.05, 0.1) is 38.8 Å². The number of aryl methyl sites for hydroxylation is 4. The third-order valence-electron chi connectivity index (χ3n) is 12.7. The van der Waals surface area contributed by atoms with Crippen LogP contribution in [0.3, 0.4) is 0 Å². The fraction of sp³-hybridized carbons (Fsp3) is 0.600. The van der Waals surface area contributed by atoms with Crippen LogP contribution in [0.15, 0.2) is 35.8 Å². The molecule has 2 spiro atoms. The van der Waals surface area contributed by atoms with Gasteiger partial charge < -0.3 is 30.0 Å². The Morgan fingerprint density at radius 3 is 1.32 bits per heavy atom. The molecule has 2 aromatic carbocycles. The Labute approximate surface area is 390 Å². The molecule has 348 valence electrons. The van der Waals surface area contributed by atoms with Gasteiger partial charge in [-0.3, -0.25) is 19.2 Å². The van der Waals surface area contributed by atoms with Crippen LogP contribution < -0.4 is 10.6 Å². The molecule has 2 heterocycles. The summed E-state index contributed by atoms with van der Waals surface area (Å²) in [5.41, 5.74) is 3.12. The van der Waals surface area contributed by atoms with E-state index in [0.717, 1.165) is 59.1 Å². The molecule has 63 heavy (non-hydrogen) atoms. The second kappa shape index (κ2) is 19.6. The second-order valence-corrected chi connectivity index (χ2v) is 21.5. The molecule has 10 nitrogen and oxygen atoms in total. The van der Waals surface area contributed by atoms with Crippen molar-refractivity contribution in [2.45, 2.75) is 171 Å². The number of esters is 1. The number of carbonyl (C=O) groups excluding carboxylic acids is 4. The van der Waals surface area contributed by atoms with E-state index >= 15 is 0 Å². The lowest BCUT2D eigenvalue weighted by Crippen LogP contribution is -2.52. The predicted octanol–water partition coefficient (Wildman–Crippen LogP) is 11.8. The van der Waals surface area contributed by atoms with Gasteiger partial charge in [-0.1, -0.05) is 44.0 Å². The highest BCUT2D eigenvalue weighted by Gasteiger charge is 2.53. The van der Waals surface area contributed by atoms with Crippen LogP contribution in [0.4, 0.5) is 0 Å². The quantitative estimate of drug-likeness (QED) is 0.184. The van der Waals surface area contributed by atoms with Crippen molar-refractivity contribution in [3.63, 3.8) is 0 Å². The number of aliphatic hydroxyl groups is 1. The van der Waals surface area contributed by atoms with Gasteiger partial charge in [0, 0.05) is 28.7 Å². The number of halogens is 3. The molecule has 2 saturated carbocycles. The summed E-state index contributed by atoms with van der Waals surface area (Å²) < 4.78 is 17.9. The molecule has 0 bridgehead atoms. The van der Waals surface area contributed by atoms with Gasteiger partial charge in [-0.25, -0.2) is 0 Å². The maximum atomic E-state index is 13.3. The molecule has 13 heteroatoms. The molecule has 0 aromatic heterocycles. The number of nitrogens with one attached hydrogen (secondary N) is 2. The van der Waals surface area contributed by atoms with Gasteiger partial charge in [0.25, 0.3) is 11.8 Å². The Morgan fingerprint density at radius 1 is 0.635 bits per heavy atom. The van der Waals surface area contributed by atoms with Crippen molar-refractivity contribution >= 4 is 69.0 Å². The Kier molecular flexibility index (Phi) is 16.2. The zero-order chi connectivity index (χ0) is 47.7. The minimum atomic E-state index is -0.706. The number of carbonyl (C=O) groups is 4. The van der Waals surface area contributed by atoms with E-state index in [9.17, 15) is 24.3 Å². The van der Waals surface area contributed by atoms with Gasteiger partial charge in [-0.2, -0.15) is 0 Å². The molecule has 2 aliphatic heterocycles. The standard InChI is InChI=1S/C25H34ClNO4.C20H26ClNO3.C5H9ClO/c1-8-30-24(7)9-11-25(12-10-24)20(31-22(29)23(4,5)6)19(21(28)27-25)18-15(2)13-17(26)14-16(18)3;1-5-25-19(4)6-8-20(9-7-19)17(23)16(18(24)22-20)15-12(2)10-14(21)11-13(15)3;1-5(2,3)4(6)7/h13-14H,8-12H2,1-7H3,(H,27,28);10-11,23H,5-9H2,1-4H3,(H,22,24);1-3H3. The number of rotatable bonds is 7. The van der Waals surface area contributed by atoms with E-state index in [2.05, 4.69) is 24.5 Å². The van der Waals surface area contributed by atoms with E-state index in [4.69, 9.17) is 49.0 Å². The summed E-state index contributed by atoms with van der Waals surface area (Å²) in [7, 11) is 0. The van der Waals surface area contributed by atoms with Crippen LogP contribution in [0, 0.1) is 38.5 Å². The summed E-state index contributed by atoms with van der Waals surface area (Å²) in [5.74, 6) is -0.136. The second-order valence-electron chi connectivity index (χ2n) is 20.3. The summed E-state index contributed by atoms with van der Waals surface area (Å²) in [5, 5.41) is 18.3. The molecule has 4 aliphatic rings. The number of hydrogen-bond donors (Lipinski definition) is 3. The number of benzene rings is 2. The molecule has 6 rings (SSSR count). The summed E-state index contributed by atoms with van der Waals surface area (Å²) in [6.45, 7) is 28.0. The molecule has 2 fully saturated rings. The van der Waals surface area contributed by atoms with Crippen LogP contribution in [0.2, 0.25) is 10.0 Å². The van der Waals surface area contributed by atoms with Crippen LogP contribution in [0.1, 0.15) is 154 Å². The summed E-state index contributed by atoms with van der Waals surface area (Å²) in [6.07, 6.45) is 5.79. The smallest absolute Gasteiger partial charge is 0.316 e.